The summed E-state index contributed by atoms with van der Waals surface area (Å²) >= 11 is 0. The van der Waals surface area contributed by atoms with Crippen molar-refractivity contribution >= 4 is 5.91 Å². The van der Waals surface area contributed by atoms with Crippen LogP contribution in [0.2, 0.25) is 0 Å². The van der Waals surface area contributed by atoms with E-state index in [1.54, 1.807) is 6.92 Å². The highest BCUT2D eigenvalue weighted by molar-refractivity contribution is 5.74. The number of hydrogen-bond acceptors (Lipinski definition) is 3. The lowest BCUT2D eigenvalue weighted by molar-refractivity contribution is -0.134. The maximum Gasteiger partial charge on any atom is 0.219 e. The van der Waals surface area contributed by atoms with E-state index in [0.717, 1.165) is 25.2 Å². The standard InChI is InChI=1S/C14H21N3O/c1-10(18)17-8-11(9-17)5-13-6-12(7-15-16-13)14(2,3)4/h6-7,11H,5,8-9H2,1-4H3. The third-order valence-corrected chi connectivity index (χ3v) is 3.47. The Labute approximate surface area is 108 Å². The summed E-state index contributed by atoms with van der Waals surface area (Å²) in [6.07, 6.45) is 2.76. The van der Waals surface area contributed by atoms with Crippen molar-refractivity contribution in [2.75, 3.05) is 13.1 Å². The van der Waals surface area contributed by atoms with Gasteiger partial charge < -0.3 is 4.90 Å². The molecule has 0 atom stereocenters. The Balaban J connectivity index is 1.97. The summed E-state index contributed by atoms with van der Waals surface area (Å²) in [5, 5.41) is 8.28. The molecule has 1 aromatic heterocycles. The van der Waals surface area contributed by atoms with Gasteiger partial charge in [-0.1, -0.05) is 20.8 Å². The van der Waals surface area contributed by atoms with Gasteiger partial charge in [0.05, 0.1) is 11.9 Å². The van der Waals surface area contributed by atoms with Crippen LogP contribution >= 0.6 is 0 Å². The third kappa shape index (κ3) is 2.86. The summed E-state index contributed by atoms with van der Waals surface area (Å²) < 4.78 is 0. The molecular weight excluding hydrogens is 226 g/mol. The zero-order valence-corrected chi connectivity index (χ0v) is 11.6. The molecule has 18 heavy (non-hydrogen) atoms. The van der Waals surface area contributed by atoms with Crippen LogP contribution in [-0.2, 0) is 16.6 Å². The second-order valence-corrected chi connectivity index (χ2v) is 6.18. The molecule has 1 fully saturated rings. The Morgan fingerprint density at radius 1 is 1.44 bits per heavy atom. The molecule has 0 spiro atoms. The van der Waals surface area contributed by atoms with E-state index in [1.165, 1.54) is 5.56 Å². The van der Waals surface area contributed by atoms with E-state index < -0.39 is 0 Å². The molecule has 4 heteroatoms. The fourth-order valence-corrected chi connectivity index (χ4v) is 2.17. The fraction of sp³-hybridized carbons (Fsp3) is 0.643. The number of amides is 1. The maximum atomic E-state index is 11.1. The number of carbonyl (C=O) groups excluding carboxylic acids is 1. The lowest BCUT2D eigenvalue weighted by atomic mass is 9.87. The van der Waals surface area contributed by atoms with Gasteiger partial charge in [0.15, 0.2) is 0 Å². The number of rotatable bonds is 2. The van der Waals surface area contributed by atoms with E-state index >= 15 is 0 Å². The van der Waals surface area contributed by atoms with Gasteiger partial charge in [-0.25, -0.2) is 0 Å². The van der Waals surface area contributed by atoms with Gasteiger partial charge in [0, 0.05) is 20.0 Å². The van der Waals surface area contributed by atoms with Crippen LogP contribution in [0.4, 0.5) is 0 Å². The summed E-state index contributed by atoms with van der Waals surface area (Å²) in [6.45, 7) is 9.86. The van der Waals surface area contributed by atoms with Gasteiger partial charge in [0.25, 0.3) is 0 Å². The van der Waals surface area contributed by atoms with Crippen LogP contribution in [-0.4, -0.2) is 34.1 Å². The molecule has 1 aliphatic rings. The number of aromatic nitrogens is 2. The highest BCUT2D eigenvalue weighted by atomic mass is 16.2. The smallest absolute Gasteiger partial charge is 0.219 e. The summed E-state index contributed by atoms with van der Waals surface area (Å²) in [5.74, 6) is 0.708. The van der Waals surface area contributed by atoms with Crippen LogP contribution in [0.5, 0.6) is 0 Å². The molecule has 0 saturated carbocycles. The van der Waals surface area contributed by atoms with Crippen molar-refractivity contribution in [1.82, 2.24) is 15.1 Å². The van der Waals surface area contributed by atoms with E-state index in [4.69, 9.17) is 0 Å². The molecule has 1 amide bonds. The van der Waals surface area contributed by atoms with Crippen LogP contribution in [0.1, 0.15) is 39.0 Å². The topological polar surface area (TPSA) is 46.1 Å². The molecule has 98 valence electrons. The SMILES string of the molecule is CC(=O)N1CC(Cc2cc(C(C)(C)C)cnn2)C1. The zero-order valence-electron chi connectivity index (χ0n) is 11.6. The molecule has 0 N–H and O–H groups in total. The van der Waals surface area contributed by atoms with Crippen LogP contribution in [0.3, 0.4) is 0 Å². The second kappa shape index (κ2) is 4.67. The van der Waals surface area contributed by atoms with E-state index in [2.05, 4.69) is 37.0 Å². The second-order valence-electron chi connectivity index (χ2n) is 6.18. The molecule has 4 nitrogen and oxygen atoms in total. The van der Waals surface area contributed by atoms with E-state index in [-0.39, 0.29) is 11.3 Å². The number of carbonyl (C=O) groups is 1. The van der Waals surface area contributed by atoms with E-state index in [0.29, 0.717) is 5.92 Å². The van der Waals surface area contributed by atoms with Crippen LogP contribution in [0.25, 0.3) is 0 Å². The molecule has 1 aliphatic heterocycles. The maximum absolute atomic E-state index is 11.1. The summed E-state index contributed by atoms with van der Waals surface area (Å²) in [6, 6.07) is 2.14. The van der Waals surface area contributed by atoms with Crippen LogP contribution in [0, 0.1) is 5.92 Å². The number of hydrogen-bond donors (Lipinski definition) is 0. The van der Waals surface area contributed by atoms with Gasteiger partial charge in [-0.15, -0.1) is 0 Å². The highest BCUT2D eigenvalue weighted by Crippen LogP contribution is 2.24. The average molecular weight is 247 g/mol. The average Bonchev–Trinajstić information content (AvgIpc) is 2.21. The first-order valence-electron chi connectivity index (χ1n) is 6.44. The number of likely N-dealkylation sites (tertiary alicyclic amines) is 1. The third-order valence-electron chi connectivity index (χ3n) is 3.47. The molecule has 0 radical (unpaired) electrons. The highest BCUT2D eigenvalue weighted by Gasteiger charge is 2.29. The van der Waals surface area contributed by atoms with Gasteiger partial charge in [0.2, 0.25) is 5.91 Å². The van der Waals surface area contributed by atoms with Gasteiger partial charge in [-0.3, -0.25) is 4.79 Å². The summed E-state index contributed by atoms with van der Waals surface area (Å²) in [4.78, 5) is 13.0. The Kier molecular flexibility index (Phi) is 3.37. The van der Waals surface area contributed by atoms with Crippen molar-refractivity contribution in [3.05, 3.63) is 23.5 Å². The lowest BCUT2D eigenvalue weighted by Crippen LogP contribution is -2.49. The van der Waals surface area contributed by atoms with Crippen LogP contribution in [0.15, 0.2) is 12.3 Å². The summed E-state index contributed by atoms with van der Waals surface area (Å²) in [5.41, 5.74) is 2.36. The molecular formula is C14H21N3O. The molecule has 0 unspecified atom stereocenters. The van der Waals surface area contributed by atoms with Crippen molar-refractivity contribution in [3.63, 3.8) is 0 Å². The van der Waals surface area contributed by atoms with Gasteiger partial charge in [-0.05, 0) is 29.4 Å². The Morgan fingerprint density at radius 3 is 2.67 bits per heavy atom. The monoisotopic (exact) mass is 247 g/mol. The zero-order chi connectivity index (χ0) is 13.3. The van der Waals surface area contributed by atoms with E-state index in [1.807, 2.05) is 11.1 Å². The van der Waals surface area contributed by atoms with Crippen molar-refractivity contribution in [2.24, 2.45) is 5.92 Å². The molecule has 0 aliphatic carbocycles. The molecule has 0 aromatic carbocycles. The predicted octanol–water partition coefficient (Wildman–Crippen LogP) is 1.79. The van der Waals surface area contributed by atoms with E-state index in [9.17, 15) is 4.79 Å². The van der Waals surface area contributed by atoms with Gasteiger partial charge in [0.1, 0.15) is 0 Å². The minimum absolute atomic E-state index is 0.107. The fourth-order valence-electron chi connectivity index (χ4n) is 2.17. The predicted molar refractivity (Wildman–Crippen MR) is 70.2 cm³/mol. The molecule has 2 rings (SSSR count). The Morgan fingerprint density at radius 2 is 2.11 bits per heavy atom. The van der Waals surface area contributed by atoms with Gasteiger partial charge in [-0.2, -0.15) is 10.2 Å². The minimum Gasteiger partial charge on any atom is -0.342 e. The molecule has 1 saturated heterocycles. The molecule has 0 bridgehead atoms. The molecule has 1 aromatic rings. The van der Waals surface area contributed by atoms with Crippen molar-refractivity contribution in [3.8, 4) is 0 Å². The first kappa shape index (κ1) is 13.0. The largest absolute Gasteiger partial charge is 0.342 e. The minimum atomic E-state index is 0.107. The van der Waals surface area contributed by atoms with Crippen LogP contribution < -0.4 is 0 Å². The quantitative estimate of drug-likeness (QED) is 0.800. The normalized spacial score (nSPS) is 16.6. The number of nitrogens with zero attached hydrogens (tertiary/aromatic N) is 3. The molecule has 2 heterocycles. The Hall–Kier alpha value is -1.45. The lowest BCUT2D eigenvalue weighted by Gasteiger charge is -2.38. The van der Waals surface area contributed by atoms with Crippen molar-refractivity contribution < 1.29 is 4.79 Å². The van der Waals surface area contributed by atoms with Crippen molar-refractivity contribution in [2.45, 2.75) is 39.5 Å². The Bertz CT molecular complexity index is 445. The summed E-state index contributed by atoms with van der Waals surface area (Å²) in [7, 11) is 0. The van der Waals surface area contributed by atoms with Crippen molar-refractivity contribution in [1.29, 1.82) is 0 Å². The first-order valence-corrected chi connectivity index (χ1v) is 6.44. The first-order chi connectivity index (χ1) is 8.36. The van der Waals surface area contributed by atoms with Gasteiger partial charge >= 0.3 is 0 Å².